The van der Waals surface area contributed by atoms with E-state index in [2.05, 4.69) is 19.2 Å². The third kappa shape index (κ3) is 2.96. The summed E-state index contributed by atoms with van der Waals surface area (Å²) in [5, 5.41) is 13.2. The lowest BCUT2D eigenvalue weighted by molar-refractivity contribution is 0.0960. The Morgan fingerprint density at radius 1 is 1.46 bits per heavy atom. The van der Waals surface area contributed by atoms with Crippen LogP contribution >= 0.6 is 0 Å². The van der Waals surface area contributed by atoms with Crippen LogP contribution in [0.5, 0.6) is 0 Å². The number of rotatable bonds is 5. The Kier molecular flexibility index (Phi) is 4.20. The van der Waals surface area contributed by atoms with Gasteiger partial charge in [-0.3, -0.25) is 0 Å². The monoisotopic (exact) mass is 185 g/mol. The van der Waals surface area contributed by atoms with Crippen molar-refractivity contribution in [2.45, 2.75) is 64.0 Å². The van der Waals surface area contributed by atoms with Gasteiger partial charge in [0, 0.05) is 5.54 Å². The SMILES string of the molecule is CCCCCNC1(C)CCCC1O. The van der Waals surface area contributed by atoms with Crippen molar-refractivity contribution in [3.63, 3.8) is 0 Å². The molecule has 0 radical (unpaired) electrons. The lowest BCUT2D eigenvalue weighted by Gasteiger charge is -2.29. The first kappa shape index (κ1) is 11.0. The quantitative estimate of drug-likeness (QED) is 0.643. The zero-order valence-corrected chi connectivity index (χ0v) is 8.97. The van der Waals surface area contributed by atoms with Crippen LogP contribution in [0.4, 0.5) is 0 Å². The summed E-state index contributed by atoms with van der Waals surface area (Å²) in [6.07, 6.45) is 6.92. The molecule has 1 aliphatic rings. The van der Waals surface area contributed by atoms with Gasteiger partial charge in [0.1, 0.15) is 0 Å². The minimum atomic E-state index is -0.130. The van der Waals surface area contributed by atoms with E-state index >= 15 is 0 Å². The molecule has 2 nitrogen and oxygen atoms in total. The summed E-state index contributed by atoms with van der Waals surface area (Å²) in [7, 11) is 0. The summed E-state index contributed by atoms with van der Waals surface area (Å²) in [4.78, 5) is 0. The Morgan fingerprint density at radius 3 is 2.77 bits per heavy atom. The minimum Gasteiger partial charge on any atom is -0.391 e. The molecule has 2 atom stereocenters. The van der Waals surface area contributed by atoms with E-state index in [0.717, 1.165) is 19.4 Å². The fraction of sp³-hybridized carbons (Fsp3) is 1.00. The van der Waals surface area contributed by atoms with Crippen LogP contribution in [-0.2, 0) is 0 Å². The van der Waals surface area contributed by atoms with Gasteiger partial charge in [0.15, 0.2) is 0 Å². The van der Waals surface area contributed by atoms with Crippen LogP contribution in [0.2, 0.25) is 0 Å². The van der Waals surface area contributed by atoms with Crippen LogP contribution in [0.3, 0.4) is 0 Å². The summed E-state index contributed by atoms with van der Waals surface area (Å²) < 4.78 is 0. The van der Waals surface area contributed by atoms with E-state index in [4.69, 9.17) is 0 Å². The molecule has 0 heterocycles. The Hall–Kier alpha value is -0.0800. The highest BCUT2D eigenvalue weighted by Crippen LogP contribution is 2.29. The highest BCUT2D eigenvalue weighted by molar-refractivity contribution is 4.95. The van der Waals surface area contributed by atoms with Gasteiger partial charge in [-0.25, -0.2) is 0 Å². The number of hydrogen-bond donors (Lipinski definition) is 2. The van der Waals surface area contributed by atoms with Gasteiger partial charge in [-0.15, -0.1) is 0 Å². The summed E-state index contributed by atoms with van der Waals surface area (Å²) in [6.45, 7) is 5.42. The average Bonchev–Trinajstić information content (AvgIpc) is 2.42. The van der Waals surface area contributed by atoms with E-state index in [1.165, 1.54) is 25.7 Å². The second-order valence-electron chi connectivity index (χ2n) is 4.46. The normalized spacial score (nSPS) is 33.9. The molecule has 2 unspecified atom stereocenters. The van der Waals surface area contributed by atoms with Crippen molar-refractivity contribution in [3.8, 4) is 0 Å². The molecule has 0 amide bonds. The number of aliphatic hydroxyl groups is 1. The van der Waals surface area contributed by atoms with E-state index in [9.17, 15) is 5.11 Å². The number of aliphatic hydroxyl groups excluding tert-OH is 1. The molecule has 2 N–H and O–H groups in total. The molecule has 0 aromatic heterocycles. The van der Waals surface area contributed by atoms with E-state index < -0.39 is 0 Å². The first-order chi connectivity index (χ1) is 6.19. The van der Waals surface area contributed by atoms with Gasteiger partial charge in [0.2, 0.25) is 0 Å². The highest BCUT2D eigenvalue weighted by Gasteiger charge is 2.36. The van der Waals surface area contributed by atoms with Crippen molar-refractivity contribution < 1.29 is 5.11 Å². The lowest BCUT2D eigenvalue weighted by Crippen LogP contribution is -2.48. The predicted octanol–water partition coefficient (Wildman–Crippen LogP) is 2.07. The Bertz CT molecular complexity index is 149. The van der Waals surface area contributed by atoms with Gasteiger partial charge in [-0.05, 0) is 39.2 Å². The van der Waals surface area contributed by atoms with Crippen LogP contribution in [0.1, 0.15) is 52.4 Å². The van der Waals surface area contributed by atoms with Crippen LogP contribution in [0, 0.1) is 0 Å². The molecular formula is C11H23NO. The van der Waals surface area contributed by atoms with Gasteiger partial charge >= 0.3 is 0 Å². The van der Waals surface area contributed by atoms with E-state index in [-0.39, 0.29) is 11.6 Å². The summed E-state index contributed by atoms with van der Waals surface area (Å²) >= 11 is 0. The fourth-order valence-corrected chi connectivity index (χ4v) is 2.10. The van der Waals surface area contributed by atoms with Crippen molar-refractivity contribution in [2.75, 3.05) is 6.54 Å². The molecule has 2 heteroatoms. The van der Waals surface area contributed by atoms with E-state index in [1.807, 2.05) is 0 Å². The largest absolute Gasteiger partial charge is 0.391 e. The van der Waals surface area contributed by atoms with Gasteiger partial charge in [0.05, 0.1) is 6.10 Å². The molecule has 1 fully saturated rings. The second-order valence-corrected chi connectivity index (χ2v) is 4.46. The predicted molar refractivity (Wildman–Crippen MR) is 55.8 cm³/mol. The van der Waals surface area contributed by atoms with Crippen molar-refractivity contribution >= 4 is 0 Å². The molecule has 0 bridgehead atoms. The minimum absolute atomic E-state index is 0.00768. The maximum atomic E-state index is 9.74. The standard InChI is InChI=1S/C11H23NO/c1-3-4-5-9-12-11(2)8-6-7-10(11)13/h10,12-13H,3-9H2,1-2H3. The fourth-order valence-electron chi connectivity index (χ4n) is 2.10. The van der Waals surface area contributed by atoms with Crippen molar-refractivity contribution in [1.82, 2.24) is 5.32 Å². The molecule has 0 saturated heterocycles. The molecule has 0 aliphatic heterocycles. The molecule has 0 aromatic rings. The second kappa shape index (κ2) is 4.97. The molecule has 0 aromatic carbocycles. The van der Waals surface area contributed by atoms with Gasteiger partial charge in [0.25, 0.3) is 0 Å². The number of hydrogen-bond acceptors (Lipinski definition) is 2. The van der Waals surface area contributed by atoms with E-state index in [0.29, 0.717) is 0 Å². The maximum absolute atomic E-state index is 9.74. The molecule has 1 aliphatic carbocycles. The third-order valence-corrected chi connectivity index (χ3v) is 3.22. The van der Waals surface area contributed by atoms with Crippen LogP contribution in [0.15, 0.2) is 0 Å². The zero-order chi connectivity index (χ0) is 9.73. The van der Waals surface area contributed by atoms with Crippen LogP contribution < -0.4 is 5.32 Å². The molecule has 0 spiro atoms. The van der Waals surface area contributed by atoms with Crippen LogP contribution in [0.25, 0.3) is 0 Å². The Labute approximate surface area is 81.7 Å². The molecule has 1 saturated carbocycles. The Morgan fingerprint density at radius 2 is 2.23 bits per heavy atom. The topological polar surface area (TPSA) is 32.3 Å². The number of nitrogens with one attached hydrogen (secondary N) is 1. The molecule has 13 heavy (non-hydrogen) atoms. The highest BCUT2D eigenvalue weighted by atomic mass is 16.3. The summed E-state index contributed by atoms with van der Waals surface area (Å²) in [6, 6.07) is 0. The summed E-state index contributed by atoms with van der Waals surface area (Å²) in [5.74, 6) is 0. The van der Waals surface area contributed by atoms with Gasteiger partial charge in [-0.2, -0.15) is 0 Å². The first-order valence-corrected chi connectivity index (χ1v) is 5.62. The molecule has 78 valence electrons. The van der Waals surface area contributed by atoms with Crippen molar-refractivity contribution in [3.05, 3.63) is 0 Å². The van der Waals surface area contributed by atoms with Gasteiger partial charge in [-0.1, -0.05) is 19.8 Å². The Balaban J connectivity index is 2.18. The smallest absolute Gasteiger partial charge is 0.0719 e. The molecular weight excluding hydrogens is 162 g/mol. The number of unbranched alkanes of at least 4 members (excludes halogenated alkanes) is 2. The third-order valence-electron chi connectivity index (χ3n) is 3.22. The lowest BCUT2D eigenvalue weighted by atomic mass is 9.98. The first-order valence-electron chi connectivity index (χ1n) is 5.62. The van der Waals surface area contributed by atoms with Crippen molar-refractivity contribution in [2.24, 2.45) is 0 Å². The maximum Gasteiger partial charge on any atom is 0.0719 e. The van der Waals surface area contributed by atoms with Gasteiger partial charge < -0.3 is 10.4 Å². The molecule has 1 rings (SSSR count). The van der Waals surface area contributed by atoms with Crippen LogP contribution in [-0.4, -0.2) is 23.3 Å². The van der Waals surface area contributed by atoms with E-state index in [1.54, 1.807) is 0 Å². The zero-order valence-electron chi connectivity index (χ0n) is 8.97. The summed E-state index contributed by atoms with van der Waals surface area (Å²) in [5.41, 5.74) is 0.00768. The van der Waals surface area contributed by atoms with Crippen molar-refractivity contribution in [1.29, 1.82) is 0 Å². The average molecular weight is 185 g/mol.